The van der Waals surface area contributed by atoms with Crippen LogP contribution in [-0.2, 0) is 19.1 Å². The molecule has 13 heteroatoms. The minimum Gasteiger partial charge on any atom is -0.483 e. The number of fused-ring (bicyclic) bond motifs is 1. The molecule has 2 aliphatic heterocycles. The maximum absolute atomic E-state index is 13.5. The van der Waals surface area contributed by atoms with E-state index in [2.05, 4.69) is 22.4 Å². The van der Waals surface area contributed by atoms with Gasteiger partial charge in [-0.05, 0) is 37.5 Å². The van der Waals surface area contributed by atoms with Crippen LogP contribution in [-0.4, -0.2) is 113 Å². The SMILES string of the molecule is CCOC(=O)N1CCN(C(=O)[C@H](CCC(=O)O)NC(=O)c2cc(OCC(=O)N3CCC(c4ccccc4)C3)c3ccccc3n2)CC1. The van der Waals surface area contributed by atoms with Crippen LogP contribution in [0.15, 0.2) is 60.7 Å². The van der Waals surface area contributed by atoms with Gasteiger partial charge >= 0.3 is 12.1 Å². The number of pyridine rings is 1. The van der Waals surface area contributed by atoms with Crippen LogP contribution >= 0.6 is 0 Å². The van der Waals surface area contributed by atoms with Crippen molar-refractivity contribution in [2.45, 2.75) is 38.1 Å². The highest BCUT2D eigenvalue weighted by atomic mass is 16.6. The molecule has 47 heavy (non-hydrogen) atoms. The maximum atomic E-state index is 13.5. The van der Waals surface area contributed by atoms with Crippen molar-refractivity contribution in [3.05, 3.63) is 71.9 Å². The Morgan fingerprint density at radius 3 is 2.36 bits per heavy atom. The molecular formula is C34H39N5O8. The van der Waals surface area contributed by atoms with Gasteiger partial charge in [0.05, 0.1) is 12.1 Å². The van der Waals surface area contributed by atoms with Crippen LogP contribution in [0.3, 0.4) is 0 Å². The summed E-state index contributed by atoms with van der Waals surface area (Å²) in [6.45, 7) is 3.86. The lowest BCUT2D eigenvalue weighted by Gasteiger charge is -2.35. The molecule has 0 bridgehead atoms. The van der Waals surface area contributed by atoms with Crippen molar-refractivity contribution < 1.29 is 38.6 Å². The zero-order valence-corrected chi connectivity index (χ0v) is 26.3. The van der Waals surface area contributed by atoms with Crippen LogP contribution in [0.2, 0.25) is 0 Å². The van der Waals surface area contributed by atoms with Crippen LogP contribution in [0.5, 0.6) is 5.75 Å². The number of aromatic nitrogens is 1. The third kappa shape index (κ3) is 8.34. The Bertz CT molecular complexity index is 1610. The first-order valence-electron chi connectivity index (χ1n) is 15.8. The first-order chi connectivity index (χ1) is 22.7. The Labute approximate surface area is 272 Å². The molecule has 1 aromatic heterocycles. The number of ether oxygens (including phenoxy) is 2. The number of carboxylic acids is 1. The van der Waals surface area contributed by atoms with Crippen molar-refractivity contribution in [1.29, 1.82) is 0 Å². The van der Waals surface area contributed by atoms with E-state index >= 15 is 0 Å². The third-order valence-corrected chi connectivity index (χ3v) is 8.44. The summed E-state index contributed by atoms with van der Waals surface area (Å²) < 4.78 is 11.0. The van der Waals surface area contributed by atoms with Crippen LogP contribution in [0.4, 0.5) is 4.79 Å². The Morgan fingerprint density at radius 1 is 0.936 bits per heavy atom. The standard InChI is InChI=1S/C34H39N5O8/c1-2-46-34(45)38-18-16-37(17-19-38)33(44)27(12-13-31(41)42)36-32(43)28-20-29(25-10-6-7-11-26(25)35-28)47-22-30(40)39-15-14-24(21-39)23-8-4-3-5-9-23/h3-11,20,24,27H,2,12-19,21-22H2,1H3,(H,36,43)(H,41,42)/t24?,27-/m0/s1. The Morgan fingerprint density at radius 2 is 1.64 bits per heavy atom. The number of amides is 4. The second-order valence-electron chi connectivity index (χ2n) is 11.5. The van der Waals surface area contributed by atoms with Crippen molar-refractivity contribution >= 4 is 40.7 Å². The number of benzene rings is 2. The van der Waals surface area contributed by atoms with Gasteiger partial charge in [0.1, 0.15) is 17.5 Å². The summed E-state index contributed by atoms with van der Waals surface area (Å²) in [5.41, 5.74) is 1.60. The molecule has 3 heterocycles. The molecule has 1 unspecified atom stereocenters. The molecule has 2 aliphatic rings. The summed E-state index contributed by atoms with van der Waals surface area (Å²) in [4.78, 5) is 72.8. The van der Waals surface area contributed by atoms with E-state index in [4.69, 9.17) is 9.47 Å². The largest absolute Gasteiger partial charge is 0.483 e. The van der Waals surface area contributed by atoms with Crippen molar-refractivity contribution in [3.63, 3.8) is 0 Å². The second kappa shape index (κ2) is 15.4. The van der Waals surface area contributed by atoms with E-state index in [1.54, 1.807) is 36.1 Å². The second-order valence-corrected chi connectivity index (χ2v) is 11.5. The van der Waals surface area contributed by atoms with E-state index in [0.29, 0.717) is 24.0 Å². The number of piperazine rings is 1. The number of hydrogen-bond acceptors (Lipinski definition) is 8. The zero-order valence-electron chi connectivity index (χ0n) is 26.3. The van der Waals surface area contributed by atoms with Gasteiger partial charge in [0.2, 0.25) is 5.91 Å². The van der Waals surface area contributed by atoms with Crippen LogP contribution in [0, 0.1) is 0 Å². The number of carboxylic acid groups (broad SMARTS) is 1. The van der Waals surface area contributed by atoms with Gasteiger partial charge in [0, 0.05) is 63.1 Å². The molecular weight excluding hydrogens is 606 g/mol. The number of carbonyl (C=O) groups is 5. The summed E-state index contributed by atoms with van der Waals surface area (Å²) >= 11 is 0. The van der Waals surface area contributed by atoms with E-state index in [9.17, 15) is 29.1 Å². The Hall–Kier alpha value is -5.20. The van der Waals surface area contributed by atoms with Gasteiger partial charge in [-0.15, -0.1) is 0 Å². The molecule has 0 radical (unpaired) electrons. The van der Waals surface area contributed by atoms with E-state index in [1.807, 2.05) is 18.2 Å². The molecule has 3 aromatic rings. The number of rotatable bonds is 11. The van der Waals surface area contributed by atoms with Crippen LogP contribution in [0.1, 0.15) is 48.2 Å². The molecule has 5 rings (SSSR count). The molecule has 2 saturated heterocycles. The predicted octanol–water partition coefficient (Wildman–Crippen LogP) is 2.89. The normalized spacial score (nSPS) is 16.9. The summed E-state index contributed by atoms with van der Waals surface area (Å²) in [5.74, 6) is -1.87. The minimum atomic E-state index is -1.14. The molecule has 2 N–H and O–H groups in total. The van der Waals surface area contributed by atoms with E-state index in [0.717, 1.165) is 6.42 Å². The molecule has 13 nitrogen and oxygen atoms in total. The van der Waals surface area contributed by atoms with Gasteiger partial charge in [-0.3, -0.25) is 19.2 Å². The number of likely N-dealkylation sites (tertiary alicyclic amines) is 1. The molecule has 4 amide bonds. The fourth-order valence-electron chi connectivity index (χ4n) is 5.90. The average molecular weight is 646 g/mol. The summed E-state index contributed by atoms with van der Waals surface area (Å²) in [5, 5.41) is 12.6. The van der Waals surface area contributed by atoms with Gasteiger partial charge in [-0.1, -0.05) is 42.5 Å². The third-order valence-electron chi connectivity index (χ3n) is 8.44. The summed E-state index contributed by atoms with van der Waals surface area (Å²) in [6, 6.07) is 17.4. The Balaban J connectivity index is 1.26. The van der Waals surface area contributed by atoms with Gasteiger partial charge in [-0.25, -0.2) is 9.78 Å². The molecule has 0 aliphatic carbocycles. The zero-order chi connectivity index (χ0) is 33.3. The highest BCUT2D eigenvalue weighted by molar-refractivity contribution is 5.99. The molecule has 2 fully saturated rings. The smallest absolute Gasteiger partial charge is 0.409 e. The first kappa shape index (κ1) is 33.2. The van der Waals surface area contributed by atoms with Gasteiger partial charge in [0.25, 0.3) is 11.8 Å². The van der Waals surface area contributed by atoms with Crippen molar-refractivity contribution in [2.75, 3.05) is 52.5 Å². The predicted molar refractivity (Wildman–Crippen MR) is 171 cm³/mol. The van der Waals surface area contributed by atoms with Crippen molar-refractivity contribution in [3.8, 4) is 5.75 Å². The minimum absolute atomic E-state index is 0.0447. The highest BCUT2D eigenvalue weighted by Crippen LogP contribution is 2.28. The van der Waals surface area contributed by atoms with Crippen LogP contribution in [0.25, 0.3) is 10.9 Å². The van der Waals surface area contributed by atoms with Crippen LogP contribution < -0.4 is 10.1 Å². The van der Waals surface area contributed by atoms with Gasteiger partial charge in [-0.2, -0.15) is 0 Å². The van der Waals surface area contributed by atoms with Gasteiger partial charge < -0.3 is 34.6 Å². The van der Waals surface area contributed by atoms with E-state index in [-0.39, 0.29) is 75.5 Å². The first-order valence-corrected chi connectivity index (χ1v) is 15.8. The van der Waals surface area contributed by atoms with E-state index < -0.39 is 29.9 Å². The lowest BCUT2D eigenvalue weighted by molar-refractivity contribution is -0.138. The number of carbonyl (C=O) groups excluding carboxylic acids is 4. The maximum Gasteiger partial charge on any atom is 0.409 e. The summed E-state index contributed by atoms with van der Waals surface area (Å²) in [6.07, 6.45) is -0.0816. The summed E-state index contributed by atoms with van der Waals surface area (Å²) in [7, 11) is 0. The molecule has 2 aromatic carbocycles. The monoisotopic (exact) mass is 645 g/mol. The lowest BCUT2D eigenvalue weighted by atomic mass is 9.99. The highest BCUT2D eigenvalue weighted by Gasteiger charge is 2.32. The lowest BCUT2D eigenvalue weighted by Crippen LogP contribution is -2.56. The molecule has 2 atom stereocenters. The number of nitrogens with one attached hydrogen (secondary N) is 1. The molecule has 0 spiro atoms. The molecule has 248 valence electrons. The fraction of sp³-hybridized carbons (Fsp3) is 0.412. The van der Waals surface area contributed by atoms with Crippen molar-refractivity contribution in [2.24, 2.45) is 0 Å². The number of para-hydroxylation sites is 1. The fourth-order valence-corrected chi connectivity index (χ4v) is 5.90. The number of nitrogens with zero attached hydrogens (tertiary/aromatic N) is 4. The average Bonchev–Trinajstić information content (AvgIpc) is 3.59. The number of hydrogen-bond donors (Lipinski definition) is 2. The number of aliphatic carboxylic acids is 1. The topological polar surface area (TPSA) is 159 Å². The Kier molecular flexibility index (Phi) is 10.9. The van der Waals surface area contributed by atoms with Crippen molar-refractivity contribution in [1.82, 2.24) is 25.0 Å². The quantitative estimate of drug-likeness (QED) is 0.320. The molecule has 0 saturated carbocycles. The van der Waals surface area contributed by atoms with E-state index in [1.165, 1.54) is 21.4 Å². The van der Waals surface area contributed by atoms with Gasteiger partial charge in [0.15, 0.2) is 6.61 Å².